The van der Waals surface area contributed by atoms with E-state index in [0.29, 0.717) is 6.54 Å². The van der Waals surface area contributed by atoms with E-state index in [1.54, 1.807) is 6.92 Å². The number of carboxylic acid groups (broad SMARTS) is 1. The largest absolute Gasteiger partial charge is 0.481 e. The molecule has 5 heteroatoms. The average molecular weight is 229 g/mol. The topological polar surface area (TPSA) is 49.3 Å². The summed E-state index contributed by atoms with van der Waals surface area (Å²) in [5.74, 6) is -2.44. The van der Waals surface area contributed by atoms with Gasteiger partial charge in [-0.05, 0) is 12.6 Å². The minimum Gasteiger partial charge on any atom is -0.481 e. The van der Waals surface area contributed by atoms with E-state index in [2.05, 4.69) is 5.32 Å². The van der Waals surface area contributed by atoms with Crippen LogP contribution in [0.5, 0.6) is 0 Å². The van der Waals surface area contributed by atoms with Crippen molar-refractivity contribution in [2.24, 2.45) is 0 Å². The zero-order valence-electron chi connectivity index (χ0n) is 8.84. The highest BCUT2D eigenvalue weighted by atomic mass is 19.1. The maximum atomic E-state index is 13.4. The number of carbonyl (C=O) groups is 1. The van der Waals surface area contributed by atoms with Gasteiger partial charge < -0.3 is 10.4 Å². The van der Waals surface area contributed by atoms with Gasteiger partial charge in [0.1, 0.15) is 11.6 Å². The number of halogens is 2. The fraction of sp³-hybridized carbons (Fsp3) is 0.364. The quantitative estimate of drug-likeness (QED) is 0.812. The minimum absolute atomic E-state index is 0.172. The number of hydrogen-bond donors (Lipinski definition) is 2. The van der Waals surface area contributed by atoms with Gasteiger partial charge in [0.2, 0.25) is 0 Å². The number of rotatable bonds is 5. The molecule has 0 fully saturated rings. The van der Waals surface area contributed by atoms with Gasteiger partial charge in [0.25, 0.3) is 0 Å². The molecule has 1 unspecified atom stereocenters. The fourth-order valence-corrected chi connectivity index (χ4v) is 1.50. The van der Waals surface area contributed by atoms with E-state index in [1.165, 1.54) is 6.07 Å². The maximum absolute atomic E-state index is 13.4. The van der Waals surface area contributed by atoms with E-state index in [4.69, 9.17) is 5.11 Å². The number of hydrogen-bond acceptors (Lipinski definition) is 2. The number of carboxylic acids is 1. The molecule has 1 aromatic rings. The Morgan fingerprint density at radius 1 is 1.50 bits per heavy atom. The van der Waals surface area contributed by atoms with Crippen LogP contribution >= 0.6 is 0 Å². The zero-order chi connectivity index (χ0) is 12.1. The first kappa shape index (κ1) is 12.6. The molecule has 0 bridgehead atoms. The summed E-state index contributed by atoms with van der Waals surface area (Å²) in [5.41, 5.74) is 0.172. The molecule has 1 aromatic carbocycles. The van der Waals surface area contributed by atoms with Crippen molar-refractivity contribution in [3.63, 3.8) is 0 Å². The van der Waals surface area contributed by atoms with Gasteiger partial charge in [-0.3, -0.25) is 4.79 Å². The summed E-state index contributed by atoms with van der Waals surface area (Å²) in [6, 6.07) is 2.50. The van der Waals surface area contributed by atoms with E-state index in [1.807, 2.05) is 0 Å². The molecule has 0 aliphatic rings. The number of aliphatic carboxylic acids is 1. The lowest BCUT2D eigenvalue weighted by molar-refractivity contribution is -0.137. The van der Waals surface area contributed by atoms with Crippen molar-refractivity contribution in [2.75, 3.05) is 6.54 Å². The van der Waals surface area contributed by atoms with Gasteiger partial charge in [-0.25, -0.2) is 8.78 Å². The molecule has 16 heavy (non-hydrogen) atoms. The van der Waals surface area contributed by atoms with Crippen LogP contribution in [0.3, 0.4) is 0 Å². The lowest BCUT2D eigenvalue weighted by atomic mass is 10.0. The summed E-state index contributed by atoms with van der Waals surface area (Å²) < 4.78 is 26.1. The second-order valence-electron chi connectivity index (χ2n) is 3.37. The van der Waals surface area contributed by atoms with Crippen LogP contribution in [0.25, 0.3) is 0 Å². The van der Waals surface area contributed by atoms with E-state index in [-0.39, 0.29) is 12.0 Å². The summed E-state index contributed by atoms with van der Waals surface area (Å²) >= 11 is 0. The maximum Gasteiger partial charge on any atom is 0.305 e. The van der Waals surface area contributed by atoms with Gasteiger partial charge >= 0.3 is 5.97 Å². The zero-order valence-corrected chi connectivity index (χ0v) is 8.84. The van der Waals surface area contributed by atoms with Gasteiger partial charge in [0.05, 0.1) is 6.42 Å². The van der Waals surface area contributed by atoms with Gasteiger partial charge in [0.15, 0.2) is 0 Å². The number of nitrogens with one attached hydrogen (secondary N) is 1. The highest BCUT2D eigenvalue weighted by Crippen LogP contribution is 2.20. The molecule has 0 aliphatic carbocycles. The normalized spacial score (nSPS) is 12.4. The van der Waals surface area contributed by atoms with E-state index < -0.39 is 23.6 Å². The first-order chi connectivity index (χ1) is 7.54. The SMILES string of the molecule is CCNC(CC(=O)O)c1ccc(F)cc1F. The molecular weight excluding hydrogens is 216 g/mol. The summed E-state index contributed by atoms with van der Waals surface area (Å²) in [5, 5.41) is 11.5. The summed E-state index contributed by atoms with van der Waals surface area (Å²) in [6.07, 6.45) is -0.240. The first-order valence-corrected chi connectivity index (χ1v) is 4.94. The Kier molecular flexibility index (Phi) is 4.37. The first-order valence-electron chi connectivity index (χ1n) is 4.94. The van der Waals surface area contributed by atoms with Crippen LogP contribution < -0.4 is 5.32 Å². The molecule has 2 N–H and O–H groups in total. The third-order valence-corrected chi connectivity index (χ3v) is 2.17. The predicted molar refractivity (Wildman–Crippen MR) is 55.0 cm³/mol. The summed E-state index contributed by atoms with van der Waals surface area (Å²) in [7, 11) is 0. The van der Waals surface area contributed by atoms with E-state index in [9.17, 15) is 13.6 Å². The third kappa shape index (κ3) is 3.27. The average Bonchev–Trinajstić information content (AvgIpc) is 2.16. The van der Waals surface area contributed by atoms with Crippen LogP contribution in [0.2, 0.25) is 0 Å². The van der Waals surface area contributed by atoms with E-state index >= 15 is 0 Å². The second kappa shape index (κ2) is 5.55. The van der Waals surface area contributed by atoms with Crippen molar-refractivity contribution in [2.45, 2.75) is 19.4 Å². The third-order valence-electron chi connectivity index (χ3n) is 2.17. The van der Waals surface area contributed by atoms with Crippen LogP contribution in [-0.2, 0) is 4.79 Å². The predicted octanol–water partition coefficient (Wildman–Crippen LogP) is 2.09. The fourth-order valence-electron chi connectivity index (χ4n) is 1.50. The van der Waals surface area contributed by atoms with Gasteiger partial charge in [-0.2, -0.15) is 0 Å². The van der Waals surface area contributed by atoms with Crippen LogP contribution in [-0.4, -0.2) is 17.6 Å². The molecule has 0 heterocycles. The van der Waals surface area contributed by atoms with Crippen molar-refractivity contribution in [3.05, 3.63) is 35.4 Å². The standard InChI is InChI=1S/C11H13F2NO2/c1-2-14-10(6-11(15)16)8-4-3-7(12)5-9(8)13/h3-5,10,14H,2,6H2,1H3,(H,15,16). The molecule has 3 nitrogen and oxygen atoms in total. The van der Waals surface area contributed by atoms with Crippen molar-refractivity contribution >= 4 is 5.97 Å². The Bertz CT molecular complexity index is 382. The van der Waals surface area contributed by atoms with Crippen molar-refractivity contribution in [3.8, 4) is 0 Å². The molecule has 1 rings (SSSR count). The highest BCUT2D eigenvalue weighted by molar-refractivity contribution is 5.68. The lowest BCUT2D eigenvalue weighted by Crippen LogP contribution is -2.24. The van der Waals surface area contributed by atoms with E-state index in [0.717, 1.165) is 12.1 Å². The molecule has 1 atom stereocenters. The van der Waals surface area contributed by atoms with Crippen LogP contribution in [0, 0.1) is 11.6 Å². The Labute approximate surface area is 92.1 Å². The van der Waals surface area contributed by atoms with Crippen LogP contribution in [0.1, 0.15) is 24.9 Å². The molecule has 88 valence electrons. The van der Waals surface area contributed by atoms with Crippen molar-refractivity contribution in [1.29, 1.82) is 0 Å². The Morgan fingerprint density at radius 2 is 2.19 bits per heavy atom. The van der Waals surface area contributed by atoms with Crippen LogP contribution in [0.4, 0.5) is 8.78 Å². The van der Waals surface area contributed by atoms with Gasteiger partial charge in [0, 0.05) is 17.7 Å². The van der Waals surface area contributed by atoms with Gasteiger partial charge in [-0.1, -0.05) is 13.0 Å². The molecular formula is C11H13F2NO2. The molecule has 0 radical (unpaired) electrons. The van der Waals surface area contributed by atoms with Gasteiger partial charge in [-0.15, -0.1) is 0 Å². The molecule has 0 aliphatic heterocycles. The molecule has 0 aromatic heterocycles. The highest BCUT2D eigenvalue weighted by Gasteiger charge is 2.18. The Morgan fingerprint density at radius 3 is 2.69 bits per heavy atom. The summed E-state index contributed by atoms with van der Waals surface area (Å²) in [4.78, 5) is 10.6. The molecule has 0 saturated heterocycles. The Balaban J connectivity index is 2.95. The minimum atomic E-state index is -1.03. The monoisotopic (exact) mass is 229 g/mol. The second-order valence-corrected chi connectivity index (χ2v) is 3.37. The molecule has 0 saturated carbocycles. The van der Waals surface area contributed by atoms with Crippen molar-refractivity contribution in [1.82, 2.24) is 5.32 Å². The molecule has 0 amide bonds. The number of benzene rings is 1. The lowest BCUT2D eigenvalue weighted by Gasteiger charge is -2.16. The summed E-state index contributed by atoms with van der Waals surface area (Å²) in [6.45, 7) is 2.30. The van der Waals surface area contributed by atoms with Crippen LogP contribution in [0.15, 0.2) is 18.2 Å². The molecule has 0 spiro atoms. The van der Waals surface area contributed by atoms with Crippen molar-refractivity contribution < 1.29 is 18.7 Å². The smallest absolute Gasteiger partial charge is 0.305 e. The Hall–Kier alpha value is -1.49.